The molecule has 0 radical (unpaired) electrons. The number of nitrogens with zero attached hydrogens (tertiary/aromatic N) is 1. The third kappa shape index (κ3) is 3.89. The number of nitriles is 1. The fourth-order valence-electron chi connectivity index (χ4n) is 1.81. The minimum atomic E-state index is -2.98. The number of ether oxygens (including phenoxy) is 1. The monoisotopic (exact) mass is 292 g/mol. The Bertz CT molecular complexity index is 638. The standard InChI is InChI=1S/C15H11F3N2O/c16-10-5-7-11(8-6-10)20-13(9-19)12-3-1-2-4-14(12)21-15(17)18/h1-8,13,15,20H. The Balaban J connectivity index is 2.25. The first-order valence-corrected chi connectivity index (χ1v) is 6.05. The van der Waals surface area contributed by atoms with Gasteiger partial charge < -0.3 is 10.1 Å². The topological polar surface area (TPSA) is 45.0 Å². The van der Waals surface area contributed by atoms with Crippen molar-refractivity contribution in [1.82, 2.24) is 0 Å². The van der Waals surface area contributed by atoms with E-state index in [1.807, 2.05) is 6.07 Å². The maximum atomic E-state index is 12.8. The van der Waals surface area contributed by atoms with Gasteiger partial charge in [-0.2, -0.15) is 14.0 Å². The van der Waals surface area contributed by atoms with E-state index in [2.05, 4.69) is 10.1 Å². The molecular weight excluding hydrogens is 281 g/mol. The molecule has 6 heteroatoms. The van der Waals surface area contributed by atoms with Gasteiger partial charge >= 0.3 is 6.61 Å². The highest BCUT2D eigenvalue weighted by molar-refractivity contribution is 5.50. The van der Waals surface area contributed by atoms with Crippen LogP contribution < -0.4 is 10.1 Å². The number of rotatable bonds is 5. The largest absolute Gasteiger partial charge is 0.434 e. The lowest BCUT2D eigenvalue weighted by molar-refractivity contribution is -0.0504. The number of hydrogen-bond acceptors (Lipinski definition) is 3. The fraction of sp³-hybridized carbons (Fsp3) is 0.133. The van der Waals surface area contributed by atoms with E-state index in [0.29, 0.717) is 5.69 Å². The Morgan fingerprint density at radius 1 is 1.05 bits per heavy atom. The molecular formula is C15H11F3N2O. The second kappa shape index (κ2) is 6.66. The predicted octanol–water partition coefficient (Wildman–Crippen LogP) is 4.10. The molecule has 0 aliphatic rings. The molecule has 0 spiro atoms. The SMILES string of the molecule is N#CC(Nc1ccc(F)cc1)c1ccccc1OC(F)F. The van der Waals surface area contributed by atoms with Gasteiger partial charge in [-0.25, -0.2) is 4.39 Å². The van der Waals surface area contributed by atoms with E-state index in [1.54, 1.807) is 6.07 Å². The van der Waals surface area contributed by atoms with Crippen LogP contribution in [-0.4, -0.2) is 6.61 Å². The van der Waals surface area contributed by atoms with Crippen molar-refractivity contribution in [1.29, 1.82) is 5.26 Å². The molecule has 0 bridgehead atoms. The summed E-state index contributed by atoms with van der Waals surface area (Å²) in [5.41, 5.74) is 0.777. The molecule has 108 valence electrons. The van der Waals surface area contributed by atoms with Crippen molar-refractivity contribution in [2.45, 2.75) is 12.7 Å². The van der Waals surface area contributed by atoms with E-state index in [9.17, 15) is 18.4 Å². The van der Waals surface area contributed by atoms with Gasteiger partial charge in [0.25, 0.3) is 0 Å². The molecule has 0 aliphatic heterocycles. The highest BCUT2D eigenvalue weighted by atomic mass is 19.3. The third-order valence-electron chi connectivity index (χ3n) is 2.73. The number of hydrogen-bond donors (Lipinski definition) is 1. The predicted molar refractivity (Wildman–Crippen MR) is 71.5 cm³/mol. The van der Waals surface area contributed by atoms with E-state index < -0.39 is 18.5 Å². The van der Waals surface area contributed by atoms with Gasteiger partial charge in [0, 0.05) is 11.3 Å². The molecule has 21 heavy (non-hydrogen) atoms. The molecule has 0 saturated carbocycles. The molecule has 1 N–H and O–H groups in total. The lowest BCUT2D eigenvalue weighted by Gasteiger charge is -2.17. The number of alkyl halides is 2. The van der Waals surface area contributed by atoms with Gasteiger partial charge in [-0.05, 0) is 30.3 Å². The number of nitrogens with one attached hydrogen (secondary N) is 1. The molecule has 0 aliphatic carbocycles. The van der Waals surface area contributed by atoms with Crippen LogP contribution >= 0.6 is 0 Å². The quantitative estimate of drug-likeness (QED) is 0.902. The van der Waals surface area contributed by atoms with Gasteiger partial charge in [-0.3, -0.25) is 0 Å². The van der Waals surface area contributed by atoms with Crippen molar-refractivity contribution in [3.05, 3.63) is 59.9 Å². The third-order valence-corrected chi connectivity index (χ3v) is 2.73. The number of anilines is 1. The summed E-state index contributed by atoms with van der Waals surface area (Å²) >= 11 is 0. The molecule has 0 saturated heterocycles. The van der Waals surface area contributed by atoms with Crippen molar-refractivity contribution < 1.29 is 17.9 Å². The van der Waals surface area contributed by atoms with Gasteiger partial charge in [-0.1, -0.05) is 18.2 Å². The molecule has 1 atom stereocenters. The lowest BCUT2D eigenvalue weighted by atomic mass is 10.1. The van der Waals surface area contributed by atoms with Crippen molar-refractivity contribution in [3.8, 4) is 11.8 Å². The zero-order valence-electron chi connectivity index (χ0n) is 10.8. The first-order valence-electron chi connectivity index (χ1n) is 6.05. The summed E-state index contributed by atoms with van der Waals surface area (Å²) in [6.45, 7) is -2.98. The molecule has 0 aromatic heterocycles. The maximum absolute atomic E-state index is 12.8. The summed E-state index contributed by atoms with van der Waals surface area (Å²) in [5.74, 6) is -0.482. The first-order chi connectivity index (χ1) is 10.1. The van der Waals surface area contributed by atoms with Crippen LogP contribution in [0.15, 0.2) is 48.5 Å². The zero-order chi connectivity index (χ0) is 15.2. The van der Waals surface area contributed by atoms with Crippen LogP contribution in [-0.2, 0) is 0 Å². The number of para-hydroxylation sites is 1. The van der Waals surface area contributed by atoms with Crippen LogP contribution in [0.3, 0.4) is 0 Å². The Morgan fingerprint density at radius 2 is 1.71 bits per heavy atom. The number of halogens is 3. The highest BCUT2D eigenvalue weighted by Gasteiger charge is 2.17. The summed E-state index contributed by atoms with van der Waals surface area (Å²) in [5, 5.41) is 12.1. The van der Waals surface area contributed by atoms with Crippen LogP contribution in [0.2, 0.25) is 0 Å². The highest BCUT2D eigenvalue weighted by Crippen LogP contribution is 2.28. The van der Waals surface area contributed by atoms with Gasteiger partial charge in [0.05, 0.1) is 6.07 Å². The zero-order valence-corrected chi connectivity index (χ0v) is 10.8. The number of benzene rings is 2. The van der Waals surface area contributed by atoms with Gasteiger partial charge in [-0.15, -0.1) is 0 Å². The van der Waals surface area contributed by atoms with Gasteiger partial charge in [0.1, 0.15) is 17.6 Å². The van der Waals surface area contributed by atoms with Crippen LogP contribution in [0.4, 0.5) is 18.9 Å². The van der Waals surface area contributed by atoms with Crippen molar-refractivity contribution in [2.24, 2.45) is 0 Å². The molecule has 0 heterocycles. The molecule has 2 aromatic carbocycles. The van der Waals surface area contributed by atoms with Crippen LogP contribution in [0.5, 0.6) is 5.75 Å². The summed E-state index contributed by atoms with van der Waals surface area (Å²) < 4.78 is 42.0. The summed E-state index contributed by atoms with van der Waals surface area (Å²) in [4.78, 5) is 0. The Kier molecular flexibility index (Phi) is 4.67. The second-order valence-corrected chi connectivity index (χ2v) is 4.13. The van der Waals surface area contributed by atoms with Gasteiger partial charge in [0.2, 0.25) is 0 Å². The second-order valence-electron chi connectivity index (χ2n) is 4.13. The summed E-state index contributed by atoms with van der Waals surface area (Å²) in [7, 11) is 0. The van der Waals surface area contributed by atoms with E-state index in [0.717, 1.165) is 0 Å². The molecule has 1 unspecified atom stereocenters. The van der Waals surface area contributed by atoms with Crippen molar-refractivity contribution >= 4 is 5.69 Å². The lowest BCUT2D eigenvalue weighted by Crippen LogP contribution is -2.12. The van der Waals surface area contributed by atoms with Crippen molar-refractivity contribution in [3.63, 3.8) is 0 Å². The van der Waals surface area contributed by atoms with E-state index in [-0.39, 0.29) is 11.3 Å². The van der Waals surface area contributed by atoms with Crippen LogP contribution in [0.25, 0.3) is 0 Å². The minimum Gasteiger partial charge on any atom is -0.434 e. The summed E-state index contributed by atoms with van der Waals surface area (Å²) in [6, 6.07) is 12.5. The Morgan fingerprint density at radius 3 is 2.33 bits per heavy atom. The molecule has 2 aromatic rings. The average molecular weight is 292 g/mol. The van der Waals surface area contributed by atoms with E-state index in [4.69, 9.17) is 0 Å². The minimum absolute atomic E-state index is 0.0753. The Labute approximate surface area is 119 Å². The smallest absolute Gasteiger partial charge is 0.387 e. The molecule has 2 rings (SSSR count). The Hall–Kier alpha value is -2.68. The van der Waals surface area contributed by atoms with E-state index in [1.165, 1.54) is 42.5 Å². The molecule has 3 nitrogen and oxygen atoms in total. The van der Waals surface area contributed by atoms with Crippen LogP contribution in [0, 0.1) is 17.1 Å². The van der Waals surface area contributed by atoms with Crippen molar-refractivity contribution in [2.75, 3.05) is 5.32 Å². The fourth-order valence-corrected chi connectivity index (χ4v) is 1.81. The molecule has 0 amide bonds. The average Bonchev–Trinajstić information content (AvgIpc) is 2.47. The van der Waals surface area contributed by atoms with Gasteiger partial charge in [0.15, 0.2) is 0 Å². The van der Waals surface area contributed by atoms with Crippen LogP contribution in [0.1, 0.15) is 11.6 Å². The maximum Gasteiger partial charge on any atom is 0.387 e. The molecule has 0 fully saturated rings. The normalized spacial score (nSPS) is 11.8. The van der Waals surface area contributed by atoms with E-state index >= 15 is 0 Å². The summed E-state index contributed by atoms with van der Waals surface area (Å²) in [6.07, 6.45) is 0. The first kappa shape index (κ1) is 14.7.